The van der Waals surface area contributed by atoms with Crippen LogP contribution in [-0.2, 0) is 0 Å². The fourth-order valence-corrected chi connectivity index (χ4v) is 0.340. The SMILES string of the molecule is CCC(O)C[N-]C.[Rb+]. The molecule has 1 atom stereocenters. The van der Waals surface area contributed by atoms with Crippen molar-refractivity contribution in [3.05, 3.63) is 5.32 Å². The first kappa shape index (κ1) is 12.4. The van der Waals surface area contributed by atoms with E-state index in [9.17, 15) is 0 Å². The number of hydrogen-bond donors (Lipinski definition) is 1. The van der Waals surface area contributed by atoms with Gasteiger partial charge in [0.1, 0.15) is 0 Å². The minimum absolute atomic E-state index is 0. The molecule has 0 aromatic rings. The Morgan fingerprint density at radius 1 is 1.62 bits per heavy atom. The van der Waals surface area contributed by atoms with E-state index in [0.29, 0.717) is 6.54 Å². The van der Waals surface area contributed by atoms with Crippen molar-refractivity contribution in [2.45, 2.75) is 19.4 Å². The molecule has 0 aliphatic rings. The Kier molecular flexibility index (Phi) is 13.5. The molecule has 0 saturated carbocycles. The Balaban J connectivity index is 0. The summed E-state index contributed by atoms with van der Waals surface area (Å²) in [6.45, 7) is 2.52. The second kappa shape index (κ2) is 8.73. The largest absolute Gasteiger partial charge is 1.00 e. The standard InChI is InChI=1S/C5H12NO.Rb/c1-3-5(7)4-6-2;/h5,7H,3-4H2,1-2H3;/q-1;+1. The van der Waals surface area contributed by atoms with Crippen molar-refractivity contribution in [2.75, 3.05) is 13.6 Å². The van der Waals surface area contributed by atoms with E-state index in [-0.39, 0.29) is 64.3 Å². The van der Waals surface area contributed by atoms with E-state index in [1.165, 1.54) is 0 Å². The molecule has 2 nitrogen and oxygen atoms in total. The minimum Gasteiger partial charge on any atom is -0.663 e. The zero-order valence-corrected chi connectivity index (χ0v) is 10.8. The molecule has 1 unspecified atom stereocenters. The summed E-state index contributed by atoms with van der Waals surface area (Å²) in [4.78, 5) is 0. The van der Waals surface area contributed by atoms with Crippen molar-refractivity contribution >= 4 is 0 Å². The second-order valence-electron chi connectivity index (χ2n) is 1.56. The van der Waals surface area contributed by atoms with Crippen molar-refractivity contribution < 1.29 is 63.3 Å². The summed E-state index contributed by atoms with van der Waals surface area (Å²) in [6.07, 6.45) is 0.585. The molecule has 0 bridgehead atoms. The van der Waals surface area contributed by atoms with Crippen molar-refractivity contribution in [2.24, 2.45) is 0 Å². The average molecular weight is 188 g/mol. The van der Waals surface area contributed by atoms with Gasteiger partial charge in [-0.2, -0.15) is 7.05 Å². The van der Waals surface area contributed by atoms with Gasteiger partial charge in [-0.15, -0.1) is 6.54 Å². The van der Waals surface area contributed by atoms with Crippen molar-refractivity contribution in [3.63, 3.8) is 0 Å². The molecule has 0 spiro atoms. The molecule has 0 heterocycles. The molecular weight excluding hydrogens is 176 g/mol. The van der Waals surface area contributed by atoms with Gasteiger partial charge in [-0.25, -0.2) is 0 Å². The van der Waals surface area contributed by atoms with Crippen LogP contribution in [0.5, 0.6) is 0 Å². The number of aliphatic hydroxyl groups is 1. The van der Waals surface area contributed by atoms with Crippen molar-refractivity contribution in [3.8, 4) is 0 Å². The maximum Gasteiger partial charge on any atom is 1.00 e. The average Bonchev–Trinajstić information content (AvgIpc) is 1.68. The van der Waals surface area contributed by atoms with Gasteiger partial charge in [0, 0.05) is 6.10 Å². The molecule has 3 heteroatoms. The molecule has 0 aliphatic heterocycles. The first-order chi connectivity index (χ1) is 3.31. The monoisotopic (exact) mass is 187 g/mol. The molecule has 0 amide bonds. The Hall–Kier alpha value is 1.73. The van der Waals surface area contributed by atoms with Crippen LogP contribution >= 0.6 is 0 Å². The third-order valence-electron chi connectivity index (χ3n) is 0.865. The van der Waals surface area contributed by atoms with Gasteiger partial charge in [-0.05, 0) is 6.42 Å². The van der Waals surface area contributed by atoms with Crippen LogP contribution in [0.4, 0.5) is 0 Å². The summed E-state index contributed by atoms with van der Waals surface area (Å²) in [5.74, 6) is 0. The summed E-state index contributed by atoms with van der Waals surface area (Å²) in [6, 6.07) is 0. The van der Waals surface area contributed by atoms with E-state index in [1.807, 2.05) is 6.92 Å². The van der Waals surface area contributed by atoms with Crippen LogP contribution < -0.4 is 58.2 Å². The van der Waals surface area contributed by atoms with Crippen molar-refractivity contribution in [1.82, 2.24) is 0 Å². The fraction of sp³-hybridized carbons (Fsp3) is 1.00. The van der Waals surface area contributed by atoms with E-state index in [1.54, 1.807) is 7.05 Å². The van der Waals surface area contributed by atoms with Gasteiger partial charge < -0.3 is 10.4 Å². The van der Waals surface area contributed by atoms with Crippen LogP contribution in [0.3, 0.4) is 0 Å². The van der Waals surface area contributed by atoms with E-state index >= 15 is 0 Å². The summed E-state index contributed by atoms with van der Waals surface area (Å²) in [5.41, 5.74) is 0. The van der Waals surface area contributed by atoms with Crippen LogP contribution in [0.25, 0.3) is 5.32 Å². The third-order valence-corrected chi connectivity index (χ3v) is 0.865. The maximum atomic E-state index is 8.76. The zero-order valence-electron chi connectivity index (χ0n) is 5.89. The second-order valence-corrected chi connectivity index (χ2v) is 1.56. The van der Waals surface area contributed by atoms with E-state index in [4.69, 9.17) is 5.11 Å². The van der Waals surface area contributed by atoms with E-state index in [2.05, 4.69) is 5.32 Å². The van der Waals surface area contributed by atoms with Crippen molar-refractivity contribution in [1.29, 1.82) is 0 Å². The first-order valence-electron chi connectivity index (χ1n) is 2.55. The molecule has 0 rings (SSSR count). The number of rotatable bonds is 3. The molecule has 0 saturated heterocycles. The topological polar surface area (TPSA) is 34.3 Å². The Morgan fingerprint density at radius 2 is 2.12 bits per heavy atom. The molecule has 8 heavy (non-hydrogen) atoms. The van der Waals surface area contributed by atoms with Gasteiger partial charge in [0.25, 0.3) is 0 Å². The molecule has 0 aliphatic carbocycles. The Bertz CT molecular complexity index is 43.4. The van der Waals surface area contributed by atoms with Gasteiger partial charge in [0.05, 0.1) is 0 Å². The number of likely N-dealkylation sites (N-methyl/N-ethyl adjacent to an activating group) is 1. The van der Waals surface area contributed by atoms with E-state index in [0.717, 1.165) is 6.42 Å². The summed E-state index contributed by atoms with van der Waals surface area (Å²) in [5, 5.41) is 12.5. The molecule has 1 N–H and O–H groups in total. The van der Waals surface area contributed by atoms with Gasteiger partial charge >= 0.3 is 58.2 Å². The van der Waals surface area contributed by atoms with Crippen LogP contribution in [-0.4, -0.2) is 24.8 Å². The Labute approximate surface area is 99.8 Å². The smallest absolute Gasteiger partial charge is 0.663 e. The molecule has 44 valence electrons. The predicted octanol–water partition coefficient (Wildman–Crippen LogP) is -2.24. The number of aliphatic hydroxyl groups excluding tert-OH is 1. The summed E-state index contributed by atoms with van der Waals surface area (Å²) < 4.78 is 0. The molecule has 0 aromatic heterocycles. The molecule has 0 fully saturated rings. The van der Waals surface area contributed by atoms with E-state index < -0.39 is 0 Å². The maximum absolute atomic E-state index is 8.76. The zero-order chi connectivity index (χ0) is 5.70. The first-order valence-corrected chi connectivity index (χ1v) is 2.55. The predicted molar refractivity (Wildman–Crippen MR) is 30.4 cm³/mol. The van der Waals surface area contributed by atoms with Crippen LogP contribution in [0.15, 0.2) is 0 Å². The van der Waals surface area contributed by atoms with Gasteiger partial charge in [0.15, 0.2) is 0 Å². The summed E-state index contributed by atoms with van der Waals surface area (Å²) >= 11 is 0. The number of nitrogens with zero attached hydrogens (tertiary/aromatic N) is 1. The normalized spacial score (nSPS) is 12.4. The number of hydrogen-bond acceptors (Lipinski definition) is 1. The van der Waals surface area contributed by atoms with Gasteiger partial charge in [-0.1, -0.05) is 6.92 Å². The van der Waals surface area contributed by atoms with Gasteiger partial charge in [-0.3, -0.25) is 0 Å². The molecule has 0 radical (unpaired) electrons. The van der Waals surface area contributed by atoms with Gasteiger partial charge in [0.2, 0.25) is 0 Å². The van der Waals surface area contributed by atoms with Crippen LogP contribution in [0, 0.1) is 0 Å². The quantitative estimate of drug-likeness (QED) is 0.533. The Morgan fingerprint density at radius 3 is 2.25 bits per heavy atom. The van der Waals surface area contributed by atoms with Crippen LogP contribution in [0.1, 0.15) is 13.3 Å². The third kappa shape index (κ3) is 7.73. The molecular formula is C5H12NORb. The fourth-order valence-electron chi connectivity index (χ4n) is 0.340. The summed E-state index contributed by atoms with van der Waals surface area (Å²) in [7, 11) is 1.71. The van der Waals surface area contributed by atoms with Crippen LogP contribution in [0.2, 0.25) is 0 Å². The molecule has 0 aromatic carbocycles. The minimum atomic E-state index is -0.218.